The highest BCUT2D eigenvalue weighted by molar-refractivity contribution is 5.94. The van der Waals surface area contributed by atoms with Crippen LogP contribution in [0.5, 0.6) is 11.5 Å². The number of primary amides is 1. The summed E-state index contributed by atoms with van der Waals surface area (Å²) in [4.78, 5) is 41.9. The van der Waals surface area contributed by atoms with Gasteiger partial charge in [0.05, 0.1) is 6.61 Å². The number of nitrogens with one attached hydrogen (secondary N) is 2. The molecular formula is C30H38F2N4O7. The fourth-order valence-corrected chi connectivity index (χ4v) is 4.93. The maximum atomic E-state index is 13.5. The normalized spacial score (nSPS) is 20.6. The molecule has 1 aromatic carbocycles. The van der Waals surface area contributed by atoms with Crippen LogP contribution in [0.15, 0.2) is 22.6 Å². The highest BCUT2D eigenvalue weighted by Crippen LogP contribution is 2.40. The summed E-state index contributed by atoms with van der Waals surface area (Å²) in [6, 6.07) is 4.04. The van der Waals surface area contributed by atoms with Gasteiger partial charge in [-0.05, 0) is 74.5 Å². The number of hydrogen-bond acceptors (Lipinski definition) is 8. The molecule has 234 valence electrons. The van der Waals surface area contributed by atoms with Crippen molar-refractivity contribution in [1.82, 2.24) is 15.6 Å². The van der Waals surface area contributed by atoms with Crippen LogP contribution in [0.3, 0.4) is 0 Å². The van der Waals surface area contributed by atoms with E-state index in [9.17, 15) is 23.2 Å². The number of carbonyl (C=O) groups excluding carboxylic acids is 3. The van der Waals surface area contributed by atoms with Crippen LogP contribution in [-0.4, -0.2) is 48.2 Å². The molecule has 3 aliphatic rings. The van der Waals surface area contributed by atoms with E-state index in [1.54, 1.807) is 0 Å². The van der Waals surface area contributed by atoms with Gasteiger partial charge in [0.15, 0.2) is 29.1 Å². The lowest BCUT2D eigenvalue weighted by Gasteiger charge is -2.36. The van der Waals surface area contributed by atoms with E-state index in [1.807, 2.05) is 20.8 Å². The summed E-state index contributed by atoms with van der Waals surface area (Å²) in [7, 11) is 0. The largest absolute Gasteiger partial charge is 0.489 e. The molecule has 13 heteroatoms. The van der Waals surface area contributed by atoms with Gasteiger partial charge < -0.3 is 35.0 Å². The predicted molar refractivity (Wildman–Crippen MR) is 149 cm³/mol. The smallest absolute Gasteiger partial charge is 0.405 e. The zero-order valence-corrected chi connectivity index (χ0v) is 24.5. The van der Waals surface area contributed by atoms with Gasteiger partial charge >= 0.3 is 12.7 Å². The van der Waals surface area contributed by atoms with E-state index in [2.05, 4.69) is 20.4 Å². The van der Waals surface area contributed by atoms with Crippen molar-refractivity contribution in [2.24, 2.45) is 23.0 Å². The van der Waals surface area contributed by atoms with E-state index >= 15 is 0 Å². The fourth-order valence-electron chi connectivity index (χ4n) is 4.93. The van der Waals surface area contributed by atoms with E-state index in [-0.39, 0.29) is 64.6 Å². The van der Waals surface area contributed by atoms with Crippen molar-refractivity contribution in [2.75, 3.05) is 6.61 Å². The third kappa shape index (κ3) is 8.35. The summed E-state index contributed by atoms with van der Waals surface area (Å²) in [5.74, 6) is -0.0879. The maximum absolute atomic E-state index is 13.5. The topological polar surface area (TPSA) is 155 Å². The first-order chi connectivity index (χ1) is 20.3. The quantitative estimate of drug-likeness (QED) is 0.286. The van der Waals surface area contributed by atoms with Gasteiger partial charge in [0, 0.05) is 23.6 Å². The summed E-state index contributed by atoms with van der Waals surface area (Å²) < 4.78 is 48.0. The number of benzene rings is 1. The van der Waals surface area contributed by atoms with Gasteiger partial charge in [-0.3, -0.25) is 9.59 Å². The Morgan fingerprint density at radius 2 is 1.77 bits per heavy atom. The molecule has 0 radical (unpaired) electrons. The van der Waals surface area contributed by atoms with Gasteiger partial charge in [0.2, 0.25) is 11.8 Å². The summed E-state index contributed by atoms with van der Waals surface area (Å²) in [6.45, 7) is 3.08. The first-order valence-electron chi connectivity index (χ1n) is 14.6. The third-order valence-corrected chi connectivity index (χ3v) is 7.56. The Morgan fingerprint density at radius 3 is 2.37 bits per heavy atom. The summed E-state index contributed by atoms with van der Waals surface area (Å²) in [5, 5.41) is 5.93. The number of rotatable bonds is 13. The lowest BCUT2D eigenvalue weighted by molar-refractivity contribution is -0.123. The second-order valence-corrected chi connectivity index (χ2v) is 12.8. The van der Waals surface area contributed by atoms with Gasteiger partial charge in [-0.15, -0.1) is 0 Å². The molecule has 3 amide bonds. The van der Waals surface area contributed by atoms with E-state index in [4.69, 9.17) is 19.6 Å². The van der Waals surface area contributed by atoms with Crippen LogP contribution in [0.1, 0.15) is 88.1 Å². The molecule has 0 saturated heterocycles. The monoisotopic (exact) mass is 604 g/mol. The number of hydrogen-bond donors (Lipinski definition) is 3. The first-order valence-corrected chi connectivity index (χ1v) is 14.6. The summed E-state index contributed by atoms with van der Waals surface area (Å²) in [6.07, 6.45) is 3.15. The minimum atomic E-state index is -3.05. The Hall–Kier alpha value is -3.90. The molecule has 11 nitrogen and oxygen atoms in total. The van der Waals surface area contributed by atoms with Crippen LogP contribution < -0.4 is 25.8 Å². The van der Waals surface area contributed by atoms with Crippen LogP contribution >= 0.6 is 0 Å². The molecule has 3 saturated carbocycles. The summed E-state index contributed by atoms with van der Waals surface area (Å²) in [5.41, 5.74) is 5.26. The number of amides is 3. The predicted octanol–water partition coefficient (Wildman–Crippen LogP) is 5.09. The SMILES string of the molecule is CC(C)(C)C[C@H](OC(N)=O)c1oc(-c2ccc(OC(F)F)c(OCC3CC3)c2)nc1C(=O)NC1CC(NC(=O)C2CC2)C1. The zero-order chi connectivity index (χ0) is 30.9. The van der Waals surface area contributed by atoms with Crippen LogP contribution in [0.25, 0.3) is 11.5 Å². The summed E-state index contributed by atoms with van der Waals surface area (Å²) >= 11 is 0. The van der Waals surface area contributed by atoms with Crippen LogP contribution in [-0.2, 0) is 9.53 Å². The zero-order valence-electron chi connectivity index (χ0n) is 24.5. The van der Waals surface area contributed by atoms with Crippen molar-refractivity contribution in [3.63, 3.8) is 0 Å². The molecular weight excluding hydrogens is 566 g/mol. The maximum Gasteiger partial charge on any atom is 0.405 e. The minimum Gasteiger partial charge on any atom is -0.489 e. The number of nitrogens with zero attached hydrogens (tertiary/aromatic N) is 1. The molecule has 0 unspecified atom stereocenters. The number of alkyl halides is 2. The molecule has 0 spiro atoms. The third-order valence-electron chi connectivity index (χ3n) is 7.56. The number of aromatic nitrogens is 1. The first kappa shape index (κ1) is 30.6. The molecule has 43 heavy (non-hydrogen) atoms. The Morgan fingerprint density at radius 1 is 1.07 bits per heavy atom. The average molecular weight is 605 g/mol. The molecule has 3 fully saturated rings. The number of halogens is 2. The van der Waals surface area contributed by atoms with Crippen LogP contribution in [0.4, 0.5) is 13.6 Å². The van der Waals surface area contributed by atoms with Crippen molar-refractivity contribution in [2.45, 2.75) is 90.5 Å². The van der Waals surface area contributed by atoms with E-state index in [0.29, 0.717) is 30.9 Å². The number of carbonyl (C=O) groups is 3. The van der Waals surface area contributed by atoms with Gasteiger partial charge in [-0.25, -0.2) is 9.78 Å². The van der Waals surface area contributed by atoms with Crippen molar-refractivity contribution >= 4 is 17.9 Å². The number of ether oxygens (including phenoxy) is 3. The van der Waals surface area contributed by atoms with Crippen LogP contribution in [0, 0.1) is 17.3 Å². The molecule has 0 bridgehead atoms. The van der Waals surface area contributed by atoms with Crippen molar-refractivity contribution in [3.05, 3.63) is 29.7 Å². The molecule has 1 aromatic heterocycles. The highest BCUT2D eigenvalue weighted by Gasteiger charge is 2.38. The molecule has 1 heterocycles. The van der Waals surface area contributed by atoms with Crippen LogP contribution in [0.2, 0.25) is 0 Å². The molecule has 4 N–H and O–H groups in total. The minimum absolute atomic E-state index is 0.00446. The standard InChI is InChI=1S/C30H38F2N4O7/c1-30(2,3)13-22(42-29(33)39)24-23(26(38)35-19-11-18(12-19)34-25(37)16-6-7-16)36-27(43-24)17-8-9-20(41-28(31)32)21(10-17)40-14-15-4-5-15/h8-10,15-16,18-19,22,28H,4-7,11-14H2,1-3H3,(H2,33,39)(H,34,37)(H,35,38)/t18?,19?,22-/m0/s1. The lowest BCUT2D eigenvalue weighted by atomic mass is 9.86. The molecule has 3 aliphatic carbocycles. The lowest BCUT2D eigenvalue weighted by Crippen LogP contribution is -2.54. The fraction of sp³-hybridized carbons (Fsp3) is 0.600. The average Bonchev–Trinajstić information content (AvgIpc) is 3.82. The second kappa shape index (κ2) is 12.4. The van der Waals surface area contributed by atoms with E-state index in [0.717, 1.165) is 25.7 Å². The Balaban J connectivity index is 1.41. The second-order valence-electron chi connectivity index (χ2n) is 12.8. The van der Waals surface area contributed by atoms with Gasteiger partial charge in [-0.2, -0.15) is 8.78 Å². The molecule has 2 aromatic rings. The number of nitrogens with two attached hydrogens (primary N) is 1. The Bertz CT molecular complexity index is 1340. The van der Waals surface area contributed by atoms with Gasteiger partial charge in [0.1, 0.15) is 0 Å². The Labute approximate surface area is 248 Å². The van der Waals surface area contributed by atoms with Crippen molar-refractivity contribution in [3.8, 4) is 23.0 Å². The van der Waals surface area contributed by atoms with Crippen molar-refractivity contribution in [1.29, 1.82) is 0 Å². The molecule has 1 atom stereocenters. The number of oxazole rings is 1. The van der Waals surface area contributed by atoms with Gasteiger partial charge in [-0.1, -0.05) is 20.8 Å². The van der Waals surface area contributed by atoms with E-state index < -0.39 is 24.7 Å². The van der Waals surface area contributed by atoms with E-state index in [1.165, 1.54) is 18.2 Å². The highest BCUT2D eigenvalue weighted by atomic mass is 19.3. The van der Waals surface area contributed by atoms with Gasteiger partial charge in [0.25, 0.3) is 5.91 Å². The van der Waals surface area contributed by atoms with Crippen molar-refractivity contribution < 1.29 is 41.8 Å². The Kier molecular flexibility index (Phi) is 8.79. The molecule has 5 rings (SSSR count). The molecule has 0 aliphatic heterocycles.